The number of benzene rings is 2. The number of thiazole rings is 1. The summed E-state index contributed by atoms with van der Waals surface area (Å²) in [6.07, 6.45) is 1.70. The van der Waals surface area contributed by atoms with E-state index >= 15 is 0 Å². The minimum atomic E-state index is -0.433. The van der Waals surface area contributed by atoms with Gasteiger partial charge in [0.1, 0.15) is 0 Å². The smallest absolute Gasteiger partial charge is 0.270 e. The van der Waals surface area contributed by atoms with Crippen molar-refractivity contribution in [1.82, 2.24) is 9.97 Å². The Balaban J connectivity index is 1.60. The van der Waals surface area contributed by atoms with E-state index in [1.165, 1.54) is 34.8 Å². The summed E-state index contributed by atoms with van der Waals surface area (Å²) < 4.78 is 1.87. The first-order chi connectivity index (χ1) is 15.9. The van der Waals surface area contributed by atoms with Gasteiger partial charge in [0.05, 0.1) is 32.3 Å². The van der Waals surface area contributed by atoms with Gasteiger partial charge in [-0.2, -0.15) is 0 Å². The molecule has 0 spiro atoms. The highest BCUT2D eigenvalue weighted by atomic mass is 32.1. The molecule has 7 nitrogen and oxygen atoms in total. The Hall–Kier alpha value is -3.69. The van der Waals surface area contributed by atoms with Crippen LogP contribution in [0.4, 0.5) is 10.8 Å². The first kappa shape index (κ1) is 21.2. The Morgan fingerprint density at radius 3 is 2.61 bits per heavy atom. The van der Waals surface area contributed by atoms with Crippen LogP contribution < -0.4 is 4.90 Å². The van der Waals surface area contributed by atoms with Crippen LogP contribution in [0, 0.1) is 24.0 Å². The van der Waals surface area contributed by atoms with Crippen LogP contribution in [-0.4, -0.2) is 20.8 Å². The van der Waals surface area contributed by atoms with Crippen LogP contribution in [0.25, 0.3) is 20.3 Å². The number of pyridine rings is 1. The molecule has 0 radical (unpaired) electrons. The van der Waals surface area contributed by atoms with E-state index < -0.39 is 4.92 Å². The molecule has 0 fully saturated rings. The molecule has 0 unspecified atom stereocenters. The lowest BCUT2D eigenvalue weighted by molar-refractivity contribution is -0.384. The second kappa shape index (κ2) is 8.34. The number of anilines is 1. The molecule has 2 aromatic carbocycles. The third kappa shape index (κ3) is 3.96. The number of hydrogen-bond donors (Lipinski definition) is 0. The SMILES string of the molecule is Cc1ccc(C)c2sc(N(Cc3ccccn3)C(=O)c3cc4cc([N+](=O)[O-])ccc4s3)nc12. The second-order valence-electron chi connectivity index (χ2n) is 7.68. The number of thiophene rings is 1. The van der Waals surface area contributed by atoms with Crippen LogP contribution in [0.1, 0.15) is 26.5 Å². The largest absolute Gasteiger partial charge is 0.277 e. The average molecular weight is 475 g/mol. The van der Waals surface area contributed by atoms with Gasteiger partial charge in [-0.3, -0.25) is 24.8 Å². The highest BCUT2D eigenvalue weighted by Crippen LogP contribution is 2.36. The monoisotopic (exact) mass is 474 g/mol. The van der Waals surface area contributed by atoms with Crippen LogP contribution in [-0.2, 0) is 6.54 Å². The molecule has 164 valence electrons. The van der Waals surface area contributed by atoms with E-state index in [0.717, 1.165) is 31.7 Å². The number of non-ortho nitro benzene ring substituents is 1. The van der Waals surface area contributed by atoms with Gasteiger partial charge in [-0.1, -0.05) is 29.5 Å². The van der Waals surface area contributed by atoms with Gasteiger partial charge in [-0.25, -0.2) is 4.98 Å². The van der Waals surface area contributed by atoms with Crippen LogP contribution in [0.5, 0.6) is 0 Å². The Labute approximate surface area is 197 Å². The third-order valence-electron chi connectivity index (χ3n) is 5.37. The normalized spacial score (nSPS) is 11.2. The number of fused-ring (bicyclic) bond motifs is 2. The standard InChI is InChI=1S/C24H18N4O3S2/c1-14-6-7-15(2)22-21(14)26-24(33-22)27(13-17-5-3-4-10-25-17)23(29)20-12-16-11-18(28(30)31)8-9-19(16)32-20/h3-12H,13H2,1-2H3. The summed E-state index contributed by atoms with van der Waals surface area (Å²) in [5.41, 5.74) is 3.80. The summed E-state index contributed by atoms with van der Waals surface area (Å²) in [6.45, 7) is 4.31. The van der Waals surface area contributed by atoms with Gasteiger partial charge in [0, 0.05) is 28.4 Å². The number of aromatic nitrogens is 2. The minimum Gasteiger partial charge on any atom is -0.277 e. The van der Waals surface area contributed by atoms with Gasteiger partial charge < -0.3 is 0 Å². The van der Waals surface area contributed by atoms with E-state index in [9.17, 15) is 14.9 Å². The molecule has 5 aromatic rings. The molecule has 3 heterocycles. The number of rotatable bonds is 5. The molecule has 0 bridgehead atoms. The fourth-order valence-corrected chi connectivity index (χ4v) is 5.73. The van der Waals surface area contributed by atoms with Crippen LogP contribution in [0.15, 0.2) is 60.8 Å². The number of hydrogen-bond acceptors (Lipinski definition) is 7. The Morgan fingerprint density at radius 2 is 1.88 bits per heavy atom. The summed E-state index contributed by atoms with van der Waals surface area (Å²) in [5, 5.41) is 12.4. The van der Waals surface area contributed by atoms with E-state index in [1.54, 1.807) is 23.2 Å². The van der Waals surface area contributed by atoms with E-state index in [1.807, 2.05) is 38.1 Å². The van der Waals surface area contributed by atoms with Gasteiger partial charge >= 0.3 is 0 Å². The van der Waals surface area contributed by atoms with Gasteiger partial charge in [0.2, 0.25) is 0 Å². The van der Waals surface area contributed by atoms with Crippen LogP contribution in [0.2, 0.25) is 0 Å². The van der Waals surface area contributed by atoms with E-state index in [4.69, 9.17) is 4.98 Å². The maximum atomic E-state index is 13.7. The molecule has 1 amide bonds. The van der Waals surface area contributed by atoms with Gasteiger partial charge in [-0.05, 0) is 49.2 Å². The van der Waals surface area contributed by atoms with Crippen LogP contribution >= 0.6 is 22.7 Å². The van der Waals surface area contributed by atoms with Crippen molar-refractivity contribution >= 4 is 59.7 Å². The first-order valence-electron chi connectivity index (χ1n) is 10.2. The number of nitro benzene ring substituents is 1. The van der Waals surface area contributed by atoms with E-state index in [0.29, 0.717) is 15.4 Å². The number of nitro groups is 1. The zero-order chi connectivity index (χ0) is 23.1. The van der Waals surface area contributed by atoms with E-state index in [2.05, 4.69) is 11.1 Å². The lowest BCUT2D eigenvalue weighted by atomic mass is 10.1. The average Bonchev–Trinajstić information content (AvgIpc) is 3.45. The van der Waals surface area contributed by atoms with Gasteiger partial charge in [0.25, 0.3) is 11.6 Å². The molecule has 3 aromatic heterocycles. The van der Waals surface area contributed by atoms with Crippen LogP contribution in [0.3, 0.4) is 0 Å². The molecule has 0 aliphatic carbocycles. The molecular weight excluding hydrogens is 456 g/mol. The van der Waals surface area contributed by atoms with Crippen molar-refractivity contribution in [3.05, 3.63) is 92.6 Å². The van der Waals surface area contributed by atoms with Crippen molar-refractivity contribution in [2.45, 2.75) is 20.4 Å². The topological polar surface area (TPSA) is 89.2 Å². The maximum Gasteiger partial charge on any atom is 0.270 e. The maximum absolute atomic E-state index is 13.7. The molecule has 0 N–H and O–H groups in total. The highest BCUT2D eigenvalue weighted by Gasteiger charge is 2.25. The van der Waals surface area contributed by atoms with Gasteiger partial charge in [0.15, 0.2) is 5.13 Å². The lowest BCUT2D eigenvalue weighted by Crippen LogP contribution is -2.30. The fourth-order valence-electron chi connectivity index (χ4n) is 3.63. The predicted molar refractivity (Wildman–Crippen MR) is 132 cm³/mol. The zero-order valence-electron chi connectivity index (χ0n) is 17.8. The van der Waals surface area contributed by atoms with Crippen molar-refractivity contribution in [3.63, 3.8) is 0 Å². The minimum absolute atomic E-state index is 0.00163. The number of amides is 1. The zero-order valence-corrected chi connectivity index (χ0v) is 19.4. The quantitative estimate of drug-likeness (QED) is 0.221. The summed E-state index contributed by atoms with van der Waals surface area (Å²) in [4.78, 5) is 35.8. The van der Waals surface area contributed by atoms with Gasteiger partial charge in [-0.15, -0.1) is 11.3 Å². The van der Waals surface area contributed by atoms with Crippen molar-refractivity contribution in [2.24, 2.45) is 0 Å². The first-order valence-corrected chi connectivity index (χ1v) is 11.8. The number of carbonyl (C=O) groups excluding carboxylic acids is 1. The lowest BCUT2D eigenvalue weighted by Gasteiger charge is -2.18. The molecule has 0 atom stereocenters. The number of aryl methyl sites for hydroxylation is 2. The highest BCUT2D eigenvalue weighted by molar-refractivity contribution is 7.23. The molecule has 0 aliphatic rings. The third-order valence-corrected chi connectivity index (χ3v) is 7.69. The number of carbonyl (C=O) groups is 1. The van der Waals surface area contributed by atoms with Crippen molar-refractivity contribution in [1.29, 1.82) is 0 Å². The molecule has 0 saturated carbocycles. The van der Waals surface area contributed by atoms with Crippen molar-refractivity contribution < 1.29 is 9.72 Å². The molecule has 5 rings (SSSR count). The fraction of sp³-hybridized carbons (Fsp3) is 0.125. The molecule has 0 saturated heterocycles. The van der Waals surface area contributed by atoms with Crippen molar-refractivity contribution in [3.8, 4) is 0 Å². The molecule has 33 heavy (non-hydrogen) atoms. The molecular formula is C24H18N4O3S2. The predicted octanol–water partition coefficient (Wildman–Crippen LogP) is 6.28. The number of nitrogens with zero attached hydrogens (tertiary/aromatic N) is 4. The van der Waals surface area contributed by atoms with E-state index in [-0.39, 0.29) is 18.1 Å². The second-order valence-corrected chi connectivity index (χ2v) is 9.74. The Morgan fingerprint density at radius 1 is 1.06 bits per heavy atom. The Bertz CT molecular complexity index is 1490. The summed E-state index contributed by atoms with van der Waals surface area (Å²) in [6, 6.07) is 16.0. The van der Waals surface area contributed by atoms with Crippen molar-refractivity contribution in [2.75, 3.05) is 4.90 Å². The summed E-state index contributed by atoms with van der Waals surface area (Å²) in [5.74, 6) is -0.209. The Kier molecular flexibility index (Phi) is 5.35. The summed E-state index contributed by atoms with van der Waals surface area (Å²) in [7, 11) is 0. The summed E-state index contributed by atoms with van der Waals surface area (Å²) >= 11 is 2.80. The molecule has 9 heteroatoms. The molecule has 0 aliphatic heterocycles.